The first kappa shape index (κ1) is 21.1. The van der Waals surface area contributed by atoms with Crippen LogP contribution in [0.3, 0.4) is 0 Å². The number of hydrogen-bond acceptors (Lipinski definition) is 6. The van der Waals surface area contributed by atoms with E-state index in [1.165, 1.54) is 17.4 Å². The molecule has 3 heterocycles. The number of alkyl halides is 3. The van der Waals surface area contributed by atoms with Crippen LogP contribution in [-0.4, -0.2) is 54.1 Å². The van der Waals surface area contributed by atoms with Crippen molar-refractivity contribution in [2.75, 3.05) is 38.2 Å². The minimum absolute atomic E-state index is 0.156. The number of hydrogen-bond donors (Lipinski definition) is 0. The molecule has 1 fully saturated rings. The van der Waals surface area contributed by atoms with Gasteiger partial charge in [-0.2, -0.15) is 13.2 Å². The Hall–Kier alpha value is -3.14. The maximum absolute atomic E-state index is 12.8. The van der Waals surface area contributed by atoms with Crippen molar-refractivity contribution < 1.29 is 22.7 Å². The van der Waals surface area contributed by atoms with Gasteiger partial charge in [-0.25, -0.2) is 9.97 Å². The van der Waals surface area contributed by atoms with Crippen molar-refractivity contribution >= 4 is 23.1 Å². The second-order valence-corrected chi connectivity index (χ2v) is 7.81. The monoisotopic (exact) mass is 448 g/mol. The molecule has 0 radical (unpaired) electrons. The van der Waals surface area contributed by atoms with Gasteiger partial charge in [0.2, 0.25) is 0 Å². The van der Waals surface area contributed by atoms with Gasteiger partial charge in [-0.1, -0.05) is 0 Å². The molecule has 1 amide bonds. The van der Waals surface area contributed by atoms with Gasteiger partial charge in [0.15, 0.2) is 0 Å². The number of ether oxygens (including phenoxy) is 1. The molecule has 0 atom stereocenters. The van der Waals surface area contributed by atoms with Crippen molar-refractivity contribution in [1.82, 2.24) is 14.9 Å². The van der Waals surface area contributed by atoms with Crippen LogP contribution in [-0.2, 0) is 6.18 Å². The predicted molar refractivity (Wildman–Crippen MR) is 111 cm³/mol. The van der Waals surface area contributed by atoms with Gasteiger partial charge < -0.3 is 14.5 Å². The lowest BCUT2D eigenvalue weighted by Crippen LogP contribution is -2.49. The molecule has 0 saturated carbocycles. The predicted octanol–water partition coefficient (Wildman–Crippen LogP) is 4.19. The Kier molecular flexibility index (Phi) is 5.81. The van der Waals surface area contributed by atoms with E-state index in [1.54, 1.807) is 17.4 Å². The molecule has 2 aromatic heterocycles. The van der Waals surface area contributed by atoms with Gasteiger partial charge in [0.25, 0.3) is 5.91 Å². The molecule has 162 valence electrons. The summed E-state index contributed by atoms with van der Waals surface area (Å²) < 4.78 is 43.2. The molecule has 10 heteroatoms. The first-order valence-electron chi connectivity index (χ1n) is 9.52. The molecule has 6 nitrogen and oxygen atoms in total. The second-order valence-electron chi connectivity index (χ2n) is 6.95. The summed E-state index contributed by atoms with van der Waals surface area (Å²) in [6, 6.07) is 9.85. The van der Waals surface area contributed by atoms with Crippen molar-refractivity contribution in [1.29, 1.82) is 0 Å². The van der Waals surface area contributed by atoms with Gasteiger partial charge in [-0.05, 0) is 36.4 Å². The molecule has 3 aromatic rings. The summed E-state index contributed by atoms with van der Waals surface area (Å²) in [5.74, 6) is 1.06. The third kappa shape index (κ3) is 4.63. The van der Waals surface area contributed by atoms with Crippen LogP contribution in [0.1, 0.15) is 16.1 Å². The summed E-state index contributed by atoms with van der Waals surface area (Å²) >= 11 is 1.40. The van der Waals surface area contributed by atoms with E-state index >= 15 is 0 Å². The smallest absolute Gasteiger partial charge is 0.417 e. The third-order valence-electron chi connectivity index (χ3n) is 5.03. The molecule has 1 aliphatic rings. The van der Waals surface area contributed by atoms with Crippen molar-refractivity contribution in [3.63, 3.8) is 0 Å². The van der Waals surface area contributed by atoms with Crippen LogP contribution in [0, 0.1) is 0 Å². The Morgan fingerprint density at radius 3 is 2.35 bits per heavy atom. The van der Waals surface area contributed by atoms with Crippen molar-refractivity contribution in [2.24, 2.45) is 0 Å². The van der Waals surface area contributed by atoms with Crippen LogP contribution in [0.4, 0.5) is 19.0 Å². The highest BCUT2D eigenvalue weighted by Crippen LogP contribution is 2.30. The molecule has 31 heavy (non-hydrogen) atoms. The highest BCUT2D eigenvalue weighted by atomic mass is 32.1. The SMILES string of the molecule is COc1ccc(-c2nc(C(=O)N3CCN(c4ccc(C(F)(F)F)cn4)CC3)cs2)cc1. The van der Waals surface area contributed by atoms with Gasteiger partial charge in [-0.15, -0.1) is 11.3 Å². The Labute approximate surface area is 180 Å². The van der Waals surface area contributed by atoms with Gasteiger partial charge in [0.1, 0.15) is 22.3 Å². The maximum Gasteiger partial charge on any atom is 0.417 e. The third-order valence-corrected chi connectivity index (χ3v) is 5.92. The molecular formula is C21H19F3N4O2S. The number of nitrogens with zero attached hydrogens (tertiary/aromatic N) is 4. The van der Waals surface area contributed by atoms with Crippen molar-refractivity contribution in [3.8, 4) is 16.3 Å². The van der Waals surface area contributed by atoms with Crippen LogP contribution < -0.4 is 9.64 Å². The van der Waals surface area contributed by atoms with E-state index in [4.69, 9.17) is 4.74 Å². The largest absolute Gasteiger partial charge is 0.497 e. The first-order valence-corrected chi connectivity index (χ1v) is 10.4. The Balaban J connectivity index is 1.37. The fraction of sp³-hybridized carbons (Fsp3) is 0.286. The lowest BCUT2D eigenvalue weighted by Gasteiger charge is -2.35. The molecule has 0 N–H and O–H groups in total. The minimum atomic E-state index is -4.41. The van der Waals surface area contributed by atoms with Crippen molar-refractivity contribution in [3.05, 3.63) is 59.2 Å². The molecular weight excluding hydrogens is 429 g/mol. The van der Waals surface area contributed by atoms with E-state index in [2.05, 4.69) is 9.97 Å². The molecule has 1 aromatic carbocycles. The number of rotatable bonds is 4. The fourth-order valence-corrected chi connectivity index (χ4v) is 4.08. The van der Waals surface area contributed by atoms with Crippen LogP contribution in [0.25, 0.3) is 10.6 Å². The topological polar surface area (TPSA) is 58.6 Å². The number of halogens is 3. The van der Waals surface area contributed by atoms with Gasteiger partial charge >= 0.3 is 6.18 Å². The van der Waals surface area contributed by atoms with Gasteiger partial charge in [0.05, 0.1) is 12.7 Å². The number of anilines is 1. The summed E-state index contributed by atoms with van der Waals surface area (Å²) in [5, 5.41) is 2.49. The molecule has 0 spiro atoms. The summed E-state index contributed by atoms with van der Waals surface area (Å²) in [7, 11) is 1.60. The second kappa shape index (κ2) is 8.54. The normalized spacial score (nSPS) is 14.6. The summed E-state index contributed by atoms with van der Waals surface area (Å²) in [5.41, 5.74) is 0.515. The molecule has 0 bridgehead atoms. The number of amides is 1. The highest BCUT2D eigenvalue weighted by Gasteiger charge is 2.31. The van der Waals surface area contributed by atoms with Gasteiger partial charge in [-0.3, -0.25) is 4.79 Å². The van der Waals surface area contributed by atoms with Crippen LogP contribution in [0.15, 0.2) is 48.0 Å². The van der Waals surface area contributed by atoms with Gasteiger partial charge in [0, 0.05) is 43.3 Å². The Morgan fingerprint density at radius 1 is 1.06 bits per heavy atom. The van der Waals surface area contributed by atoms with Crippen LogP contribution >= 0.6 is 11.3 Å². The van der Waals surface area contributed by atoms with Crippen molar-refractivity contribution in [2.45, 2.75) is 6.18 Å². The minimum Gasteiger partial charge on any atom is -0.497 e. The number of thiazole rings is 1. The average molecular weight is 448 g/mol. The van der Waals surface area contributed by atoms with Crippen LogP contribution in [0.2, 0.25) is 0 Å². The number of methoxy groups -OCH3 is 1. The molecule has 4 rings (SSSR count). The zero-order chi connectivity index (χ0) is 22.0. The summed E-state index contributed by atoms with van der Waals surface area (Å²) in [6.07, 6.45) is -3.57. The maximum atomic E-state index is 12.8. The summed E-state index contributed by atoms with van der Waals surface area (Å²) in [6.45, 7) is 1.85. The van der Waals surface area contributed by atoms with Crippen LogP contribution in [0.5, 0.6) is 5.75 Å². The lowest BCUT2D eigenvalue weighted by atomic mass is 10.2. The molecule has 0 unspecified atom stereocenters. The number of piperazine rings is 1. The van der Waals surface area contributed by atoms with E-state index in [-0.39, 0.29) is 5.91 Å². The standard InChI is InChI=1S/C21H19F3N4O2S/c1-30-16-5-2-14(3-6-16)19-26-17(13-31-19)20(29)28-10-8-27(9-11-28)18-7-4-15(12-25-18)21(22,23)24/h2-7,12-13H,8-11H2,1H3. The van der Waals surface area contributed by atoms with E-state index < -0.39 is 11.7 Å². The molecule has 0 aliphatic carbocycles. The Bertz CT molecular complexity index is 1040. The van der Waals surface area contributed by atoms with E-state index in [0.29, 0.717) is 37.7 Å². The zero-order valence-electron chi connectivity index (χ0n) is 16.6. The fourth-order valence-electron chi connectivity index (χ4n) is 3.28. The average Bonchev–Trinajstić information content (AvgIpc) is 3.28. The zero-order valence-corrected chi connectivity index (χ0v) is 17.4. The summed E-state index contributed by atoms with van der Waals surface area (Å²) in [4.78, 5) is 24.8. The number of aromatic nitrogens is 2. The molecule has 1 aliphatic heterocycles. The highest BCUT2D eigenvalue weighted by molar-refractivity contribution is 7.13. The quantitative estimate of drug-likeness (QED) is 0.599. The van der Waals surface area contributed by atoms with E-state index in [1.807, 2.05) is 29.2 Å². The lowest BCUT2D eigenvalue weighted by molar-refractivity contribution is -0.137. The number of pyridine rings is 1. The number of carbonyl (C=O) groups excluding carboxylic acids is 1. The Morgan fingerprint density at radius 2 is 1.77 bits per heavy atom. The first-order chi connectivity index (χ1) is 14.8. The van der Waals surface area contributed by atoms with E-state index in [0.717, 1.165) is 28.6 Å². The number of benzene rings is 1. The molecule has 1 saturated heterocycles. The number of carbonyl (C=O) groups is 1. The van der Waals surface area contributed by atoms with E-state index in [9.17, 15) is 18.0 Å².